The first-order valence-electron chi connectivity index (χ1n) is 11.6. The maximum absolute atomic E-state index is 13.3. The van der Waals surface area contributed by atoms with Crippen LogP contribution in [0.5, 0.6) is 0 Å². The maximum atomic E-state index is 13.3. The fraction of sp³-hybridized carbons (Fsp3) is 0.207. The Morgan fingerprint density at radius 3 is 2.47 bits per heavy atom. The van der Waals surface area contributed by atoms with Gasteiger partial charge in [-0.25, -0.2) is 0 Å². The molecule has 6 rings (SSSR count). The molecular weight excluding hydrogens is 422 g/mol. The second-order valence-electron chi connectivity index (χ2n) is 9.34. The number of fused-ring (bicyclic) bond motifs is 5. The van der Waals surface area contributed by atoms with E-state index >= 15 is 0 Å². The van der Waals surface area contributed by atoms with Gasteiger partial charge in [0.25, 0.3) is 11.5 Å². The SMILES string of the molecule is N#Cc1ccc(C(=O)N2C[C@@H]3C[C@H](C2)c2c(-c4ccc5ccccc5c4)ccc(=O)n2C3)cc1. The number of rotatable bonds is 2. The number of likely N-dealkylation sites (tertiary alicyclic amines) is 1. The van der Waals surface area contributed by atoms with E-state index in [1.54, 1.807) is 30.3 Å². The summed E-state index contributed by atoms with van der Waals surface area (Å²) < 4.78 is 1.94. The standard InChI is InChI=1S/C29H23N3O2/c30-15-19-5-7-22(8-6-19)29(34)31-16-20-13-25(18-31)28-26(11-12-27(33)32(28)17-20)24-10-9-21-3-1-2-4-23(21)14-24/h1-12,14,20,25H,13,16-18H2/t20-,25+/m0/s1. The number of aromatic nitrogens is 1. The number of benzene rings is 3. The van der Waals surface area contributed by atoms with Gasteiger partial charge in [-0.05, 0) is 65.1 Å². The third-order valence-electron chi connectivity index (χ3n) is 7.20. The highest BCUT2D eigenvalue weighted by atomic mass is 16.2. The summed E-state index contributed by atoms with van der Waals surface area (Å²) in [7, 11) is 0. The molecule has 0 saturated carbocycles. The Labute approximate surface area is 197 Å². The van der Waals surface area contributed by atoms with Crippen LogP contribution in [-0.2, 0) is 6.54 Å². The van der Waals surface area contributed by atoms with Crippen LogP contribution in [0.2, 0.25) is 0 Å². The van der Waals surface area contributed by atoms with Gasteiger partial charge in [-0.3, -0.25) is 9.59 Å². The summed E-state index contributed by atoms with van der Waals surface area (Å²) in [6, 6.07) is 27.3. The molecule has 1 fully saturated rings. The van der Waals surface area contributed by atoms with Crippen molar-refractivity contribution < 1.29 is 4.79 Å². The van der Waals surface area contributed by atoms with Crippen molar-refractivity contribution in [3.63, 3.8) is 0 Å². The molecule has 2 bridgehead atoms. The second-order valence-corrected chi connectivity index (χ2v) is 9.34. The number of hydrogen-bond donors (Lipinski definition) is 0. The van der Waals surface area contributed by atoms with Crippen LogP contribution in [0.4, 0.5) is 0 Å². The molecule has 3 heterocycles. The zero-order valence-corrected chi connectivity index (χ0v) is 18.6. The number of pyridine rings is 1. The van der Waals surface area contributed by atoms with E-state index in [0.717, 1.165) is 23.2 Å². The van der Waals surface area contributed by atoms with E-state index in [9.17, 15) is 9.59 Å². The number of amides is 1. The average molecular weight is 446 g/mol. The normalized spacial score (nSPS) is 18.9. The average Bonchev–Trinajstić information content (AvgIpc) is 2.88. The summed E-state index contributed by atoms with van der Waals surface area (Å²) >= 11 is 0. The zero-order valence-electron chi connectivity index (χ0n) is 18.6. The summed E-state index contributed by atoms with van der Waals surface area (Å²) in [6.07, 6.45) is 0.973. The quantitative estimate of drug-likeness (QED) is 0.445. The molecule has 2 aliphatic rings. The molecule has 1 aromatic heterocycles. The first kappa shape index (κ1) is 20.4. The fourth-order valence-electron chi connectivity index (χ4n) is 5.65. The molecule has 0 spiro atoms. The molecule has 3 aromatic carbocycles. The molecule has 5 nitrogen and oxygen atoms in total. The molecule has 1 amide bonds. The molecular formula is C29H23N3O2. The molecule has 0 radical (unpaired) electrons. The van der Waals surface area contributed by atoms with E-state index < -0.39 is 0 Å². The summed E-state index contributed by atoms with van der Waals surface area (Å²) in [4.78, 5) is 28.1. The first-order valence-corrected chi connectivity index (χ1v) is 11.6. The highest BCUT2D eigenvalue weighted by Gasteiger charge is 2.38. The van der Waals surface area contributed by atoms with Crippen LogP contribution in [0.15, 0.2) is 83.7 Å². The van der Waals surface area contributed by atoms with Crippen LogP contribution in [0, 0.1) is 17.2 Å². The largest absolute Gasteiger partial charge is 0.338 e. The predicted molar refractivity (Wildman–Crippen MR) is 132 cm³/mol. The molecule has 166 valence electrons. The van der Waals surface area contributed by atoms with Crippen molar-refractivity contribution in [2.24, 2.45) is 5.92 Å². The van der Waals surface area contributed by atoms with E-state index in [1.807, 2.05) is 27.7 Å². The number of nitriles is 1. The van der Waals surface area contributed by atoms with Gasteiger partial charge in [-0.1, -0.05) is 36.4 Å². The number of piperidine rings is 1. The lowest BCUT2D eigenvalue weighted by molar-refractivity contribution is 0.0595. The third-order valence-corrected chi connectivity index (χ3v) is 7.20. The van der Waals surface area contributed by atoms with Gasteiger partial charge in [0.2, 0.25) is 0 Å². The lowest BCUT2D eigenvalue weighted by Crippen LogP contribution is -2.49. The monoisotopic (exact) mass is 445 g/mol. The van der Waals surface area contributed by atoms with Crippen LogP contribution >= 0.6 is 0 Å². The molecule has 2 atom stereocenters. The Bertz CT molecular complexity index is 1530. The third kappa shape index (κ3) is 3.39. The lowest BCUT2D eigenvalue weighted by atomic mass is 9.80. The maximum Gasteiger partial charge on any atom is 0.253 e. The summed E-state index contributed by atoms with van der Waals surface area (Å²) in [6.45, 7) is 1.85. The molecule has 34 heavy (non-hydrogen) atoms. The smallest absolute Gasteiger partial charge is 0.253 e. The Morgan fingerprint density at radius 1 is 0.882 bits per heavy atom. The number of carbonyl (C=O) groups is 1. The van der Waals surface area contributed by atoms with E-state index in [1.165, 1.54) is 10.8 Å². The van der Waals surface area contributed by atoms with Crippen molar-refractivity contribution in [1.82, 2.24) is 9.47 Å². The molecule has 1 saturated heterocycles. The number of hydrogen-bond acceptors (Lipinski definition) is 3. The van der Waals surface area contributed by atoms with Gasteiger partial charge >= 0.3 is 0 Å². The minimum absolute atomic E-state index is 0.0156. The second kappa shape index (κ2) is 8.00. The summed E-state index contributed by atoms with van der Waals surface area (Å²) in [5.41, 5.74) is 4.37. The van der Waals surface area contributed by atoms with Crippen molar-refractivity contribution >= 4 is 16.7 Å². The highest BCUT2D eigenvalue weighted by molar-refractivity contribution is 5.94. The number of carbonyl (C=O) groups excluding carboxylic acids is 1. The first-order chi connectivity index (χ1) is 16.6. The van der Waals surface area contributed by atoms with E-state index in [4.69, 9.17) is 5.26 Å². The van der Waals surface area contributed by atoms with Gasteiger partial charge < -0.3 is 9.47 Å². The minimum atomic E-state index is -0.0156. The van der Waals surface area contributed by atoms with E-state index in [-0.39, 0.29) is 23.3 Å². The molecule has 0 aliphatic carbocycles. The highest BCUT2D eigenvalue weighted by Crippen LogP contribution is 2.40. The van der Waals surface area contributed by atoms with Gasteiger partial charge in [-0.15, -0.1) is 0 Å². The van der Waals surface area contributed by atoms with Gasteiger partial charge in [-0.2, -0.15) is 5.26 Å². The van der Waals surface area contributed by atoms with Crippen LogP contribution in [-0.4, -0.2) is 28.5 Å². The van der Waals surface area contributed by atoms with Gasteiger partial charge in [0, 0.05) is 48.4 Å². The van der Waals surface area contributed by atoms with E-state index in [2.05, 4.69) is 36.4 Å². The molecule has 2 aliphatic heterocycles. The van der Waals surface area contributed by atoms with Crippen molar-refractivity contribution in [2.75, 3.05) is 13.1 Å². The fourth-order valence-corrected chi connectivity index (χ4v) is 5.65. The Kier molecular flexibility index (Phi) is 4.81. The Hall–Kier alpha value is -4.17. The van der Waals surface area contributed by atoms with Crippen LogP contribution in [0.3, 0.4) is 0 Å². The van der Waals surface area contributed by atoms with Gasteiger partial charge in [0.1, 0.15) is 0 Å². The van der Waals surface area contributed by atoms with Crippen molar-refractivity contribution in [2.45, 2.75) is 18.9 Å². The van der Waals surface area contributed by atoms with Crippen molar-refractivity contribution in [3.05, 3.63) is 106 Å². The predicted octanol–water partition coefficient (Wildman–Crippen LogP) is 4.80. The molecule has 5 heteroatoms. The molecule has 0 N–H and O–H groups in total. The van der Waals surface area contributed by atoms with Gasteiger partial charge in [0.05, 0.1) is 11.6 Å². The topological polar surface area (TPSA) is 66.1 Å². The Balaban J connectivity index is 1.39. The van der Waals surface area contributed by atoms with Crippen molar-refractivity contribution in [1.29, 1.82) is 5.26 Å². The van der Waals surface area contributed by atoms with Crippen LogP contribution < -0.4 is 5.56 Å². The van der Waals surface area contributed by atoms with Crippen molar-refractivity contribution in [3.8, 4) is 17.2 Å². The lowest BCUT2D eigenvalue weighted by Gasteiger charge is -2.43. The van der Waals surface area contributed by atoms with Crippen LogP contribution in [0.1, 0.15) is 34.0 Å². The molecule has 4 aromatic rings. The summed E-state index contributed by atoms with van der Waals surface area (Å²) in [5.74, 6) is 0.335. The van der Waals surface area contributed by atoms with Gasteiger partial charge in [0.15, 0.2) is 0 Å². The zero-order chi connectivity index (χ0) is 23.2. The minimum Gasteiger partial charge on any atom is -0.338 e. The van der Waals surface area contributed by atoms with Crippen LogP contribution in [0.25, 0.3) is 21.9 Å². The molecule has 0 unspecified atom stereocenters. The Morgan fingerprint density at radius 2 is 1.68 bits per heavy atom. The number of nitrogens with zero attached hydrogens (tertiary/aromatic N) is 3. The summed E-state index contributed by atoms with van der Waals surface area (Å²) in [5, 5.41) is 11.4. The van der Waals surface area contributed by atoms with E-state index in [0.29, 0.717) is 30.8 Å².